The van der Waals surface area contributed by atoms with Crippen LogP contribution in [0.15, 0.2) is 30.5 Å². The van der Waals surface area contributed by atoms with Gasteiger partial charge in [-0.2, -0.15) is 0 Å². The zero-order valence-electron chi connectivity index (χ0n) is 8.32. The highest BCUT2D eigenvalue weighted by Gasteiger charge is 2.17. The minimum Gasteiger partial charge on any atom is -0.477 e. The van der Waals surface area contributed by atoms with Gasteiger partial charge in [-0.1, -0.05) is 29.3 Å². The first-order valence-corrected chi connectivity index (χ1v) is 5.32. The van der Waals surface area contributed by atoms with Crippen LogP contribution in [0.3, 0.4) is 0 Å². The predicted molar refractivity (Wildman–Crippen MR) is 62.7 cm³/mol. The van der Waals surface area contributed by atoms with E-state index in [2.05, 4.69) is 0 Å². The van der Waals surface area contributed by atoms with Gasteiger partial charge >= 0.3 is 5.97 Å². The third kappa shape index (κ3) is 2.14. The maximum absolute atomic E-state index is 13.6. The van der Waals surface area contributed by atoms with Crippen LogP contribution in [0, 0.1) is 5.82 Å². The summed E-state index contributed by atoms with van der Waals surface area (Å²) in [7, 11) is 0. The Hall–Kier alpha value is -1.52. The molecule has 0 fully saturated rings. The normalized spacial score (nSPS) is 10.5. The summed E-state index contributed by atoms with van der Waals surface area (Å²) in [5.74, 6) is -1.83. The number of aromatic nitrogens is 1. The van der Waals surface area contributed by atoms with E-state index in [0.717, 1.165) is 4.57 Å². The summed E-state index contributed by atoms with van der Waals surface area (Å²) in [6.07, 6.45) is 1.30. The van der Waals surface area contributed by atoms with Gasteiger partial charge in [-0.3, -0.25) is 0 Å². The van der Waals surface area contributed by atoms with Crippen molar-refractivity contribution >= 4 is 29.2 Å². The second-order valence-corrected chi connectivity index (χ2v) is 4.13. The molecule has 88 valence electrons. The Morgan fingerprint density at radius 2 is 2.06 bits per heavy atom. The number of benzene rings is 1. The minimum absolute atomic E-state index is 0.0292. The van der Waals surface area contributed by atoms with Crippen molar-refractivity contribution in [3.05, 3.63) is 52.0 Å². The van der Waals surface area contributed by atoms with Crippen LogP contribution in [-0.4, -0.2) is 15.6 Å². The molecule has 0 radical (unpaired) electrons. The largest absolute Gasteiger partial charge is 0.477 e. The van der Waals surface area contributed by atoms with Gasteiger partial charge in [-0.25, -0.2) is 9.18 Å². The Kier molecular flexibility index (Phi) is 3.09. The van der Waals surface area contributed by atoms with Crippen molar-refractivity contribution in [3.8, 4) is 5.69 Å². The van der Waals surface area contributed by atoms with Crippen molar-refractivity contribution in [1.29, 1.82) is 0 Å². The number of para-hydroxylation sites is 1. The number of aromatic carboxylic acids is 1. The number of carboxylic acid groups (broad SMARTS) is 1. The number of hydrogen-bond acceptors (Lipinski definition) is 1. The highest BCUT2D eigenvalue weighted by atomic mass is 35.5. The fourth-order valence-electron chi connectivity index (χ4n) is 1.50. The topological polar surface area (TPSA) is 42.2 Å². The van der Waals surface area contributed by atoms with Crippen LogP contribution in [0.25, 0.3) is 5.69 Å². The maximum Gasteiger partial charge on any atom is 0.352 e. The number of rotatable bonds is 2. The summed E-state index contributed by atoms with van der Waals surface area (Å²) >= 11 is 11.6. The zero-order valence-corrected chi connectivity index (χ0v) is 9.84. The van der Waals surface area contributed by atoms with Crippen molar-refractivity contribution in [1.82, 2.24) is 4.57 Å². The van der Waals surface area contributed by atoms with Gasteiger partial charge < -0.3 is 9.67 Å². The summed E-state index contributed by atoms with van der Waals surface area (Å²) in [6.45, 7) is 0. The van der Waals surface area contributed by atoms with Crippen LogP contribution < -0.4 is 0 Å². The zero-order chi connectivity index (χ0) is 12.6. The van der Waals surface area contributed by atoms with Gasteiger partial charge in [0.1, 0.15) is 17.2 Å². The van der Waals surface area contributed by atoms with Crippen molar-refractivity contribution < 1.29 is 14.3 Å². The lowest BCUT2D eigenvalue weighted by Gasteiger charge is -2.09. The lowest BCUT2D eigenvalue weighted by molar-refractivity contribution is 0.0688. The molecule has 0 atom stereocenters. The van der Waals surface area contributed by atoms with Gasteiger partial charge in [0.05, 0.1) is 10.0 Å². The van der Waals surface area contributed by atoms with E-state index in [-0.39, 0.29) is 21.4 Å². The molecule has 0 aliphatic rings. The third-order valence-electron chi connectivity index (χ3n) is 2.18. The monoisotopic (exact) mass is 273 g/mol. The summed E-state index contributed by atoms with van der Waals surface area (Å²) in [4.78, 5) is 11.0. The standard InChI is InChI=1S/C11H6Cl2FNO2/c12-6-4-9(11(16)17)15(5-6)10-7(13)2-1-3-8(10)14/h1-5H,(H,16,17). The molecule has 1 aromatic heterocycles. The molecule has 0 aliphatic heterocycles. The Bertz CT molecular complexity index is 575. The number of nitrogens with zero attached hydrogens (tertiary/aromatic N) is 1. The van der Waals surface area contributed by atoms with Crippen molar-refractivity contribution in [2.24, 2.45) is 0 Å². The average Bonchev–Trinajstić information content (AvgIpc) is 2.60. The molecule has 2 aromatic rings. The average molecular weight is 274 g/mol. The molecule has 0 unspecified atom stereocenters. The minimum atomic E-state index is -1.21. The van der Waals surface area contributed by atoms with Crippen molar-refractivity contribution in [2.45, 2.75) is 0 Å². The molecular weight excluding hydrogens is 268 g/mol. The lowest BCUT2D eigenvalue weighted by atomic mass is 10.3. The van der Waals surface area contributed by atoms with E-state index in [4.69, 9.17) is 28.3 Å². The Morgan fingerprint density at radius 1 is 1.35 bits per heavy atom. The maximum atomic E-state index is 13.6. The van der Waals surface area contributed by atoms with E-state index in [0.29, 0.717) is 0 Å². The van der Waals surface area contributed by atoms with E-state index >= 15 is 0 Å². The Morgan fingerprint density at radius 3 is 2.65 bits per heavy atom. The number of carbonyl (C=O) groups is 1. The van der Waals surface area contributed by atoms with Crippen molar-refractivity contribution in [3.63, 3.8) is 0 Å². The molecule has 6 heteroatoms. The van der Waals surface area contributed by atoms with E-state index in [1.54, 1.807) is 0 Å². The Labute approximate surface area is 106 Å². The quantitative estimate of drug-likeness (QED) is 0.908. The summed E-state index contributed by atoms with van der Waals surface area (Å²) in [5, 5.41) is 9.28. The molecule has 0 saturated carbocycles. The molecular formula is C11H6Cl2FNO2. The molecule has 3 nitrogen and oxygen atoms in total. The van der Waals surface area contributed by atoms with E-state index in [1.165, 1.54) is 30.5 Å². The molecule has 0 amide bonds. The molecule has 0 saturated heterocycles. The number of carboxylic acids is 1. The van der Waals surface area contributed by atoms with E-state index in [1.807, 2.05) is 0 Å². The van der Waals surface area contributed by atoms with Crippen LogP contribution in [0.2, 0.25) is 10.0 Å². The summed E-state index contributed by atoms with van der Waals surface area (Å²) in [5.41, 5.74) is -0.180. The summed E-state index contributed by atoms with van der Waals surface area (Å²) < 4.78 is 14.8. The Balaban J connectivity index is 2.72. The van der Waals surface area contributed by atoms with Crippen LogP contribution in [-0.2, 0) is 0 Å². The smallest absolute Gasteiger partial charge is 0.352 e. The van der Waals surface area contributed by atoms with E-state index < -0.39 is 11.8 Å². The second-order valence-electron chi connectivity index (χ2n) is 3.29. The highest BCUT2D eigenvalue weighted by Crippen LogP contribution is 2.27. The molecule has 0 bridgehead atoms. The van der Waals surface area contributed by atoms with Gasteiger partial charge in [0, 0.05) is 6.20 Å². The van der Waals surface area contributed by atoms with Crippen LogP contribution >= 0.6 is 23.2 Å². The lowest BCUT2D eigenvalue weighted by Crippen LogP contribution is -2.07. The molecule has 1 N–H and O–H groups in total. The third-order valence-corrected chi connectivity index (χ3v) is 2.70. The van der Waals surface area contributed by atoms with Gasteiger partial charge in [-0.05, 0) is 18.2 Å². The molecule has 17 heavy (non-hydrogen) atoms. The predicted octanol–water partition coefficient (Wildman–Crippen LogP) is 3.62. The van der Waals surface area contributed by atoms with Gasteiger partial charge in [0.2, 0.25) is 0 Å². The number of halogens is 3. The van der Waals surface area contributed by atoms with Crippen LogP contribution in [0.4, 0.5) is 4.39 Å². The molecule has 1 heterocycles. The molecule has 0 spiro atoms. The van der Waals surface area contributed by atoms with Gasteiger partial charge in [-0.15, -0.1) is 0 Å². The number of hydrogen-bond donors (Lipinski definition) is 1. The summed E-state index contributed by atoms with van der Waals surface area (Å²) in [6, 6.07) is 5.33. The van der Waals surface area contributed by atoms with Gasteiger partial charge in [0.15, 0.2) is 0 Å². The first-order chi connectivity index (χ1) is 8.00. The first kappa shape index (κ1) is 12.0. The first-order valence-electron chi connectivity index (χ1n) is 4.56. The van der Waals surface area contributed by atoms with Crippen LogP contribution in [0.1, 0.15) is 10.5 Å². The highest BCUT2D eigenvalue weighted by molar-refractivity contribution is 6.33. The molecule has 1 aromatic carbocycles. The molecule has 2 rings (SSSR count). The fourth-order valence-corrected chi connectivity index (χ4v) is 1.95. The molecule has 0 aliphatic carbocycles. The van der Waals surface area contributed by atoms with Crippen molar-refractivity contribution in [2.75, 3.05) is 0 Å². The fraction of sp³-hybridized carbons (Fsp3) is 0. The van der Waals surface area contributed by atoms with Crippen LogP contribution in [0.5, 0.6) is 0 Å². The SMILES string of the molecule is O=C(O)c1cc(Cl)cn1-c1c(F)cccc1Cl. The van der Waals surface area contributed by atoms with E-state index in [9.17, 15) is 9.18 Å². The van der Waals surface area contributed by atoms with Gasteiger partial charge in [0.25, 0.3) is 0 Å². The second kappa shape index (κ2) is 4.39.